The zero-order valence-electron chi connectivity index (χ0n) is 17.1. The van der Waals surface area contributed by atoms with Gasteiger partial charge in [-0.3, -0.25) is 30.6 Å². The van der Waals surface area contributed by atoms with Crippen molar-refractivity contribution in [3.8, 4) is 0 Å². The lowest BCUT2D eigenvalue weighted by atomic mass is 10.2. The van der Waals surface area contributed by atoms with E-state index < -0.39 is 39.0 Å². The van der Waals surface area contributed by atoms with E-state index in [1.54, 1.807) is 0 Å². The van der Waals surface area contributed by atoms with E-state index in [4.69, 9.17) is 10.5 Å². The minimum absolute atomic E-state index is 0.0358. The third-order valence-corrected chi connectivity index (χ3v) is 6.40. The Hall–Kier alpha value is -3.89. The van der Waals surface area contributed by atoms with E-state index in [2.05, 4.69) is 26.1 Å². The average Bonchev–Trinajstić information content (AvgIpc) is 2.81. The minimum Gasteiger partial charge on any atom is -0.379 e. The zero-order valence-corrected chi connectivity index (χ0v) is 17.9. The van der Waals surface area contributed by atoms with Crippen LogP contribution in [0, 0.1) is 10.1 Å². The maximum Gasteiger partial charge on any atom is 0.354 e. The molecule has 0 bridgehead atoms. The fourth-order valence-corrected chi connectivity index (χ4v) is 4.22. The molecule has 2 heterocycles. The Bertz CT molecular complexity index is 1150. The van der Waals surface area contributed by atoms with Crippen LogP contribution >= 0.6 is 0 Å². The first-order valence-electron chi connectivity index (χ1n) is 9.46. The molecule has 0 radical (unpaired) electrons. The summed E-state index contributed by atoms with van der Waals surface area (Å²) in [6.07, 6.45) is 0.974. The molecule has 1 aliphatic heterocycles. The van der Waals surface area contributed by atoms with Crippen molar-refractivity contribution in [1.82, 2.24) is 25.0 Å². The molecule has 0 aliphatic carbocycles. The van der Waals surface area contributed by atoms with Gasteiger partial charge >= 0.3 is 5.69 Å². The summed E-state index contributed by atoms with van der Waals surface area (Å²) >= 11 is 0. The number of benzene rings is 1. The molecule has 5 N–H and O–H groups in total. The molecule has 1 fully saturated rings. The first-order valence-corrected chi connectivity index (χ1v) is 10.9. The molecule has 176 valence electrons. The molecule has 3 rings (SSSR count). The summed E-state index contributed by atoms with van der Waals surface area (Å²) in [5.41, 5.74) is 9.34. The van der Waals surface area contributed by atoms with Crippen LogP contribution < -0.4 is 21.9 Å². The highest BCUT2D eigenvalue weighted by Gasteiger charge is 2.26. The van der Waals surface area contributed by atoms with E-state index in [-0.39, 0.29) is 35.2 Å². The summed E-state index contributed by atoms with van der Waals surface area (Å²) in [7, 11) is -3.69. The molecule has 0 atom stereocenters. The molecule has 1 aromatic heterocycles. The van der Waals surface area contributed by atoms with E-state index in [0.717, 1.165) is 6.33 Å². The van der Waals surface area contributed by atoms with Gasteiger partial charge in [0, 0.05) is 18.7 Å². The summed E-state index contributed by atoms with van der Waals surface area (Å²) in [5.74, 6) is -2.08. The van der Waals surface area contributed by atoms with E-state index in [1.807, 2.05) is 0 Å². The number of nitrogens with two attached hydrogens (primary N) is 1. The fourth-order valence-electron chi connectivity index (χ4n) is 2.81. The molecule has 2 aromatic rings. The van der Waals surface area contributed by atoms with Gasteiger partial charge in [0.15, 0.2) is 0 Å². The van der Waals surface area contributed by atoms with Crippen LogP contribution in [0.4, 0.5) is 17.3 Å². The first-order chi connectivity index (χ1) is 15.7. The number of nitrogens with zero attached hydrogens (tertiary/aromatic N) is 4. The summed E-state index contributed by atoms with van der Waals surface area (Å²) < 4.78 is 31.7. The maximum atomic E-state index is 12.6. The van der Waals surface area contributed by atoms with Gasteiger partial charge in [-0.05, 0) is 24.3 Å². The van der Waals surface area contributed by atoms with Crippen LogP contribution in [0.1, 0.15) is 10.4 Å². The number of anilines is 2. The highest BCUT2D eigenvalue weighted by molar-refractivity contribution is 7.89. The van der Waals surface area contributed by atoms with Crippen molar-refractivity contribution >= 4 is 39.2 Å². The fraction of sp³-hybridized carbons (Fsp3) is 0.294. The monoisotopic (exact) mass is 480 g/mol. The number of carbonyl (C=O) groups is 2. The van der Waals surface area contributed by atoms with Crippen LogP contribution in [0.5, 0.6) is 0 Å². The van der Waals surface area contributed by atoms with Crippen molar-refractivity contribution in [1.29, 1.82) is 0 Å². The normalized spacial score (nSPS) is 14.3. The number of nitrogens with one attached hydrogen (secondary N) is 3. The molecule has 15 nitrogen and oxygen atoms in total. The average molecular weight is 480 g/mol. The van der Waals surface area contributed by atoms with Crippen LogP contribution in [0.15, 0.2) is 35.5 Å². The Balaban J connectivity index is 1.54. The minimum atomic E-state index is -3.69. The van der Waals surface area contributed by atoms with Crippen LogP contribution in [0.3, 0.4) is 0 Å². The van der Waals surface area contributed by atoms with Gasteiger partial charge in [-0.15, -0.1) is 0 Å². The second kappa shape index (κ2) is 10.2. The molecule has 2 amide bonds. The number of carbonyl (C=O) groups excluding carboxylic acids is 2. The number of aromatic nitrogens is 2. The number of nitrogen functional groups attached to an aromatic ring is 1. The predicted octanol–water partition coefficient (Wildman–Crippen LogP) is -1.14. The Kier molecular flexibility index (Phi) is 7.31. The lowest BCUT2D eigenvalue weighted by molar-refractivity contribution is -0.383. The predicted molar refractivity (Wildman–Crippen MR) is 113 cm³/mol. The highest BCUT2D eigenvalue weighted by atomic mass is 32.2. The Morgan fingerprint density at radius 3 is 2.48 bits per heavy atom. The Morgan fingerprint density at radius 2 is 1.85 bits per heavy atom. The van der Waals surface area contributed by atoms with Crippen molar-refractivity contribution in [2.24, 2.45) is 0 Å². The molecular weight excluding hydrogens is 460 g/mol. The van der Waals surface area contributed by atoms with Gasteiger partial charge in [0.25, 0.3) is 11.8 Å². The molecule has 1 saturated heterocycles. The van der Waals surface area contributed by atoms with Crippen molar-refractivity contribution in [2.45, 2.75) is 4.90 Å². The van der Waals surface area contributed by atoms with E-state index in [9.17, 15) is 28.1 Å². The topological polar surface area (TPSA) is 212 Å². The molecule has 0 unspecified atom stereocenters. The summed E-state index contributed by atoms with van der Waals surface area (Å²) in [5, 5.41) is 13.4. The number of sulfonamides is 1. The largest absolute Gasteiger partial charge is 0.379 e. The second-order valence-electron chi connectivity index (χ2n) is 6.61. The quantitative estimate of drug-likeness (QED) is 0.262. The molecular formula is C17H20N8O7S. The number of ether oxygens (including phenoxy) is 1. The maximum absolute atomic E-state index is 12.6. The van der Waals surface area contributed by atoms with Crippen LogP contribution in [-0.2, 0) is 19.6 Å². The third kappa shape index (κ3) is 5.68. The van der Waals surface area contributed by atoms with Crippen molar-refractivity contribution < 1.29 is 27.7 Å². The Labute approximate surface area is 187 Å². The first kappa shape index (κ1) is 23.8. The van der Waals surface area contributed by atoms with Crippen molar-refractivity contribution in [3.05, 3.63) is 46.3 Å². The standard InChI is InChI=1S/C17H20N8O7S/c18-15-14(25(28)29)16(21-10-20-15)23-22-13(26)9-19-17(27)11-1-3-12(4-2-11)33(30,31)24-5-7-32-8-6-24/h1-4,10H,5-9H2,(H,19,27)(H,22,26)(H3,18,20,21,23). The van der Waals surface area contributed by atoms with Crippen LogP contribution in [0.2, 0.25) is 0 Å². The number of amides is 2. The summed E-state index contributed by atoms with van der Waals surface area (Å²) in [6.45, 7) is 0.647. The van der Waals surface area contributed by atoms with Crippen molar-refractivity contribution in [3.63, 3.8) is 0 Å². The second-order valence-corrected chi connectivity index (χ2v) is 8.55. The molecule has 0 spiro atoms. The molecule has 1 aromatic carbocycles. The number of morpholine rings is 1. The van der Waals surface area contributed by atoms with Gasteiger partial charge < -0.3 is 15.8 Å². The van der Waals surface area contributed by atoms with Gasteiger partial charge in [0.2, 0.25) is 21.7 Å². The van der Waals surface area contributed by atoms with Gasteiger partial charge in [-0.25, -0.2) is 18.4 Å². The van der Waals surface area contributed by atoms with Gasteiger partial charge in [-0.1, -0.05) is 0 Å². The molecule has 33 heavy (non-hydrogen) atoms. The molecule has 16 heteroatoms. The number of hydrogen-bond acceptors (Lipinski definition) is 11. The van der Waals surface area contributed by atoms with Gasteiger partial charge in [-0.2, -0.15) is 4.31 Å². The molecule has 0 saturated carbocycles. The van der Waals surface area contributed by atoms with Gasteiger partial charge in [0.1, 0.15) is 6.33 Å². The number of hydrazine groups is 1. The lowest BCUT2D eigenvalue weighted by Crippen LogP contribution is -2.40. The summed E-state index contributed by atoms with van der Waals surface area (Å²) in [4.78, 5) is 41.6. The SMILES string of the molecule is Nc1ncnc(NNC(=O)CNC(=O)c2ccc(S(=O)(=O)N3CCOCC3)cc2)c1[N+](=O)[O-]. The lowest BCUT2D eigenvalue weighted by Gasteiger charge is -2.26. The molecule has 1 aliphatic rings. The summed E-state index contributed by atoms with van der Waals surface area (Å²) in [6, 6.07) is 5.26. The van der Waals surface area contributed by atoms with Gasteiger partial charge in [0.05, 0.1) is 29.6 Å². The zero-order chi connectivity index (χ0) is 24.0. The number of nitro groups is 1. The number of hydrogen-bond donors (Lipinski definition) is 4. The number of rotatable bonds is 8. The van der Waals surface area contributed by atoms with E-state index in [0.29, 0.717) is 13.2 Å². The van der Waals surface area contributed by atoms with Crippen LogP contribution in [-0.4, -0.2) is 72.3 Å². The van der Waals surface area contributed by atoms with Crippen molar-refractivity contribution in [2.75, 3.05) is 44.0 Å². The highest BCUT2D eigenvalue weighted by Crippen LogP contribution is 2.25. The smallest absolute Gasteiger partial charge is 0.354 e. The van der Waals surface area contributed by atoms with E-state index >= 15 is 0 Å². The van der Waals surface area contributed by atoms with E-state index in [1.165, 1.54) is 28.6 Å². The third-order valence-electron chi connectivity index (χ3n) is 4.49. The van der Waals surface area contributed by atoms with Crippen LogP contribution in [0.25, 0.3) is 0 Å². The Morgan fingerprint density at radius 1 is 1.18 bits per heavy atom.